The van der Waals surface area contributed by atoms with Crippen molar-refractivity contribution < 1.29 is 14.3 Å². The SMILES string of the molecule is Cl.NC(C(=O)N1CCC(C(=O)NCCc2cccs2)CC1)C1CCOCC1. The molecule has 27 heavy (non-hydrogen) atoms. The van der Waals surface area contributed by atoms with Crippen LogP contribution in [0.15, 0.2) is 17.5 Å². The zero-order valence-corrected chi connectivity index (χ0v) is 17.2. The van der Waals surface area contributed by atoms with E-state index in [2.05, 4.69) is 16.8 Å². The van der Waals surface area contributed by atoms with Gasteiger partial charge >= 0.3 is 0 Å². The van der Waals surface area contributed by atoms with Crippen LogP contribution in [0.25, 0.3) is 0 Å². The molecule has 152 valence electrons. The van der Waals surface area contributed by atoms with Gasteiger partial charge in [-0.2, -0.15) is 0 Å². The van der Waals surface area contributed by atoms with E-state index in [1.54, 1.807) is 11.3 Å². The number of likely N-dealkylation sites (tertiary alicyclic amines) is 1. The number of carbonyl (C=O) groups excluding carboxylic acids is 2. The average molecular weight is 416 g/mol. The highest BCUT2D eigenvalue weighted by atomic mass is 35.5. The normalized spacial score (nSPS) is 20.0. The van der Waals surface area contributed by atoms with Crippen LogP contribution in [0.1, 0.15) is 30.6 Å². The molecule has 1 atom stereocenters. The number of piperidine rings is 1. The lowest BCUT2D eigenvalue weighted by atomic mass is 9.90. The van der Waals surface area contributed by atoms with Crippen LogP contribution in [0.4, 0.5) is 0 Å². The second-order valence-corrected chi connectivity index (χ2v) is 8.23. The summed E-state index contributed by atoms with van der Waals surface area (Å²) >= 11 is 1.71. The molecule has 1 unspecified atom stereocenters. The Bertz CT molecular complexity index is 585. The molecule has 3 rings (SSSR count). The Morgan fingerprint density at radius 1 is 1.26 bits per heavy atom. The Morgan fingerprint density at radius 2 is 1.96 bits per heavy atom. The van der Waals surface area contributed by atoms with Crippen molar-refractivity contribution in [1.29, 1.82) is 0 Å². The van der Waals surface area contributed by atoms with Gasteiger partial charge in [0, 0.05) is 43.6 Å². The average Bonchev–Trinajstić information content (AvgIpc) is 3.21. The fourth-order valence-corrected chi connectivity index (χ4v) is 4.47. The van der Waals surface area contributed by atoms with E-state index in [1.165, 1.54) is 4.88 Å². The molecule has 3 heterocycles. The molecular formula is C19H30ClN3O3S. The molecule has 2 aliphatic heterocycles. The van der Waals surface area contributed by atoms with Crippen LogP contribution < -0.4 is 11.1 Å². The quantitative estimate of drug-likeness (QED) is 0.742. The second-order valence-electron chi connectivity index (χ2n) is 7.20. The number of hydrogen-bond donors (Lipinski definition) is 2. The number of thiophene rings is 1. The Morgan fingerprint density at radius 3 is 2.59 bits per heavy atom. The highest BCUT2D eigenvalue weighted by molar-refractivity contribution is 7.09. The fourth-order valence-electron chi connectivity index (χ4n) is 3.76. The Labute approximate surface area is 171 Å². The topological polar surface area (TPSA) is 84.7 Å². The third-order valence-corrected chi connectivity index (χ3v) is 6.42. The molecule has 1 aromatic heterocycles. The Balaban J connectivity index is 0.00000261. The molecule has 2 fully saturated rings. The molecule has 0 radical (unpaired) electrons. The van der Waals surface area contributed by atoms with Gasteiger partial charge in [-0.3, -0.25) is 9.59 Å². The Hall–Kier alpha value is -1.15. The number of ether oxygens (including phenoxy) is 1. The predicted octanol–water partition coefficient (Wildman–Crippen LogP) is 1.82. The first-order valence-corrected chi connectivity index (χ1v) is 10.5. The maximum Gasteiger partial charge on any atom is 0.239 e. The number of nitrogens with two attached hydrogens (primary N) is 1. The molecule has 0 saturated carbocycles. The van der Waals surface area contributed by atoms with Gasteiger partial charge in [0.25, 0.3) is 0 Å². The summed E-state index contributed by atoms with van der Waals surface area (Å²) in [4.78, 5) is 28.1. The van der Waals surface area contributed by atoms with Gasteiger partial charge in [0.2, 0.25) is 11.8 Å². The number of carbonyl (C=O) groups is 2. The smallest absolute Gasteiger partial charge is 0.239 e. The molecule has 0 aromatic carbocycles. The number of rotatable bonds is 6. The maximum atomic E-state index is 12.6. The van der Waals surface area contributed by atoms with Gasteiger partial charge in [-0.05, 0) is 49.5 Å². The molecule has 2 amide bonds. The van der Waals surface area contributed by atoms with E-state index < -0.39 is 6.04 Å². The van der Waals surface area contributed by atoms with Gasteiger partial charge in [-0.15, -0.1) is 23.7 Å². The zero-order valence-electron chi connectivity index (χ0n) is 15.6. The summed E-state index contributed by atoms with van der Waals surface area (Å²) < 4.78 is 5.35. The number of hydrogen-bond acceptors (Lipinski definition) is 5. The van der Waals surface area contributed by atoms with Crippen LogP contribution in [0.5, 0.6) is 0 Å². The molecule has 0 bridgehead atoms. The molecule has 2 aliphatic rings. The van der Waals surface area contributed by atoms with Crippen molar-refractivity contribution in [2.75, 3.05) is 32.8 Å². The van der Waals surface area contributed by atoms with Gasteiger partial charge in [0.15, 0.2) is 0 Å². The summed E-state index contributed by atoms with van der Waals surface area (Å²) in [5, 5.41) is 5.09. The van der Waals surface area contributed by atoms with Crippen molar-refractivity contribution in [1.82, 2.24) is 10.2 Å². The molecule has 2 saturated heterocycles. The fraction of sp³-hybridized carbons (Fsp3) is 0.684. The summed E-state index contributed by atoms with van der Waals surface area (Å²) in [7, 11) is 0. The maximum absolute atomic E-state index is 12.6. The van der Waals surface area contributed by atoms with Crippen molar-refractivity contribution in [3.63, 3.8) is 0 Å². The molecule has 0 aliphatic carbocycles. The highest BCUT2D eigenvalue weighted by Gasteiger charge is 2.33. The van der Waals surface area contributed by atoms with Gasteiger partial charge in [0.1, 0.15) is 0 Å². The first kappa shape index (κ1) is 22.1. The number of amides is 2. The van der Waals surface area contributed by atoms with Gasteiger partial charge in [0.05, 0.1) is 6.04 Å². The summed E-state index contributed by atoms with van der Waals surface area (Å²) in [6, 6.07) is 3.68. The monoisotopic (exact) mass is 415 g/mol. The first-order chi connectivity index (χ1) is 12.6. The van der Waals surface area contributed by atoms with Crippen LogP contribution in [0.3, 0.4) is 0 Å². The highest BCUT2D eigenvalue weighted by Crippen LogP contribution is 2.22. The van der Waals surface area contributed by atoms with Gasteiger partial charge in [-0.1, -0.05) is 6.07 Å². The van der Waals surface area contributed by atoms with Crippen LogP contribution in [0.2, 0.25) is 0 Å². The van der Waals surface area contributed by atoms with Gasteiger partial charge in [-0.25, -0.2) is 0 Å². The molecule has 0 spiro atoms. The van der Waals surface area contributed by atoms with Crippen LogP contribution in [0, 0.1) is 11.8 Å². The van der Waals surface area contributed by atoms with Crippen LogP contribution >= 0.6 is 23.7 Å². The second kappa shape index (κ2) is 11.0. The summed E-state index contributed by atoms with van der Waals surface area (Å²) in [6.07, 6.45) is 4.03. The number of halogens is 1. The molecule has 6 nitrogen and oxygen atoms in total. The molecule has 3 N–H and O–H groups in total. The molecular weight excluding hydrogens is 386 g/mol. The Kier molecular flexibility index (Phi) is 9.02. The van der Waals surface area contributed by atoms with E-state index in [9.17, 15) is 9.59 Å². The van der Waals surface area contributed by atoms with Crippen molar-refractivity contribution in [2.24, 2.45) is 17.6 Å². The minimum atomic E-state index is -0.435. The van der Waals surface area contributed by atoms with Crippen molar-refractivity contribution >= 4 is 35.6 Å². The van der Waals surface area contributed by atoms with E-state index in [-0.39, 0.29) is 36.1 Å². The van der Waals surface area contributed by atoms with E-state index in [0.717, 1.165) is 32.1 Å². The van der Waals surface area contributed by atoms with Crippen molar-refractivity contribution in [3.8, 4) is 0 Å². The lowest BCUT2D eigenvalue weighted by Gasteiger charge is -2.35. The minimum absolute atomic E-state index is 0. The van der Waals surface area contributed by atoms with E-state index in [0.29, 0.717) is 32.8 Å². The van der Waals surface area contributed by atoms with Crippen LogP contribution in [-0.2, 0) is 20.7 Å². The van der Waals surface area contributed by atoms with Crippen molar-refractivity contribution in [2.45, 2.75) is 38.1 Å². The minimum Gasteiger partial charge on any atom is -0.381 e. The number of nitrogens with one attached hydrogen (secondary N) is 1. The molecule has 1 aromatic rings. The molecule has 8 heteroatoms. The van der Waals surface area contributed by atoms with E-state index in [1.807, 2.05) is 11.0 Å². The standard InChI is InChI=1S/C19H29N3O3S.ClH/c20-17(14-6-11-25-12-7-14)19(24)22-9-4-15(5-10-22)18(23)21-8-3-16-2-1-13-26-16;/h1-2,13-15,17H,3-12,20H2,(H,21,23);1H. The summed E-state index contributed by atoms with van der Waals surface area (Å²) in [5.41, 5.74) is 6.20. The predicted molar refractivity (Wildman–Crippen MR) is 109 cm³/mol. The third kappa shape index (κ3) is 6.17. The van der Waals surface area contributed by atoms with Crippen molar-refractivity contribution in [3.05, 3.63) is 22.4 Å². The summed E-state index contributed by atoms with van der Waals surface area (Å²) in [5.74, 6) is 0.368. The largest absolute Gasteiger partial charge is 0.381 e. The number of nitrogens with zero attached hydrogens (tertiary/aromatic N) is 1. The van der Waals surface area contributed by atoms with E-state index >= 15 is 0 Å². The zero-order chi connectivity index (χ0) is 18.4. The van der Waals surface area contributed by atoms with Gasteiger partial charge < -0.3 is 20.7 Å². The first-order valence-electron chi connectivity index (χ1n) is 9.57. The summed E-state index contributed by atoms with van der Waals surface area (Å²) in [6.45, 7) is 3.31. The third-order valence-electron chi connectivity index (χ3n) is 5.49. The lowest BCUT2D eigenvalue weighted by Crippen LogP contribution is -2.52. The van der Waals surface area contributed by atoms with E-state index in [4.69, 9.17) is 10.5 Å². The lowest BCUT2D eigenvalue weighted by molar-refractivity contribution is -0.138. The van der Waals surface area contributed by atoms with Crippen LogP contribution in [-0.4, -0.2) is 55.6 Å².